The molecule has 0 amide bonds. The lowest BCUT2D eigenvalue weighted by Gasteiger charge is -2.10. The summed E-state index contributed by atoms with van der Waals surface area (Å²) in [4.78, 5) is 10.6. The molecule has 4 heteroatoms. The van der Waals surface area contributed by atoms with E-state index in [2.05, 4.69) is 0 Å². The second kappa shape index (κ2) is 6.25. The van der Waals surface area contributed by atoms with Gasteiger partial charge in [0.05, 0.1) is 5.56 Å². The normalized spacial score (nSPS) is 10.7. The van der Waals surface area contributed by atoms with Crippen LogP contribution in [-0.2, 0) is 15.9 Å². The van der Waals surface area contributed by atoms with Gasteiger partial charge in [0.2, 0.25) is 6.29 Å². The lowest BCUT2D eigenvalue weighted by atomic mass is 10.1. The molecule has 0 fully saturated rings. The smallest absolute Gasteiger partial charge is 0.335 e. The highest BCUT2D eigenvalue weighted by Crippen LogP contribution is 2.13. The van der Waals surface area contributed by atoms with Crippen LogP contribution in [0.25, 0.3) is 0 Å². The maximum absolute atomic E-state index is 10.6. The molecule has 16 heavy (non-hydrogen) atoms. The quantitative estimate of drug-likeness (QED) is 0.802. The number of carbonyl (C=O) groups is 1. The molecule has 0 spiro atoms. The van der Waals surface area contributed by atoms with Gasteiger partial charge >= 0.3 is 5.97 Å². The van der Waals surface area contributed by atoms with Crippen molar-refractivity contribution in [2.75, 3.05) is 14.2 Å². The summed E-state index contributed by atoms with van der Waals surface area (Å²) in [6.45, 7) is 0. The predicted octanol–water partition coefficient (Wildman–Crippen LogP) is 2.10. The Bertz CT molecular complexity index is 327. The molecule has 0 aliphatic carbocycles. The van der Waals surface area contributed by atoms with Crippen molar-refractivity contribution < 1.29 is 19.4 Å². The van der Waals surface area contributed by atoms with Crippen molar-refractivity contribution in [3.8, 4) is 0 Å². The Hall–Kier alpha value is -1.39. The van der Waals surface area contributed by atoms with Crippen molar-refractivity contribution in [1.82, 2.24) is 0 Å². The molecule has 0 unspecified atom stereocenters. The van der Waals surface area contributed by atoms with Gasteiger partial charge in [-0.25, -0.2) is 4.79 Å². The topological polar surface area (TPSA) is 55.8 Å². The number of methoxy groups -OCH3 is 2. The van der Waals surface area contributed by atoms with Gasteiger partial charge in [0.25, 0.3) is 0 Å². The number of aromatic carboxylic acids is 1. The summed E-state index contributed by atoms with van der Waals surface area (Å²) in [6.07, 6.45) is 2.00. The molecule has 0 bridgehead atoms. The van der Waals surface area contributed by atoms with Gasteiger partial charge in [0.1, 0.15) is 0 Å². The third kappa shape index (κ3) is 3.64. The van der Waals surface area contributed by atoms with Crippen molar-refractivity contribution >= 4 is 5.97 Å². The van der Waals surface area contributed by atoms with Crippen molar-refractivity contribution in [2.45, 2.75) is 12.8 Å². The van der Waals surface area contributed by atoms with Gasteiger partial charge in [0.15, 0.2) is 0 Å². The second-order valence-corrected chi connectivity index (χ2v) is 3.28. The molecule has 0 atom stereocenters. The molecule has 4 nitrogen and oxygen atoms in total. The van der Waals surface area contributed by atoms with Crippen molar-refractivity contribution in [1.29, 1.82) is 0 Å². The van der Waals surface area contributed by atoms with E-state index in [0.29, 0.717) is 18.3 Å². The van der Waals surface area contributed by atoms with Crippen LogP contribution in [0.4, 0.5) is 0 Å². The molecule has 1 rings (SSSR count). The van der Waals surface area contributed by atoms with Crippen LogP contribution in [0.5, 0.6) is 0 Å². The Morgan fingerprint density at radius 2 is 1.75 bits per heavy atom. The lowest BCUT2D eigenvalue weighted by Crippen LogP contribution is -2.04. The van der Waals surface area contributed by atoms with Gasteiger partial charge in [-0.2, -0.15) is 0 Å². The molecule has 1 radical (unpaired) electrons. The number of ether oxygens (including phenoxy) is 2. The number of benzene rings is 1. The van der Waals surface area contributed by atoms with Crippen molar-refractivity contribution in [2.24, 2.45) is 0 Å². The van der Waals surface area contributed by atoms with Crippen LogP contribution in [0, 0.1) is 6.29 Å². The lowest BCUT2D eigenvalue weighted by molar-refractivity contribution is -0.00231. The first-order valence-electron chi connectivity index (χ1n) is 4.93. The van der Waals surface area contributed by atoms with E-state index in [0.717, 1.165) is 12.0 Å². The van der Waals surface area contributed by atoms with Crippen molar-refractivity contribution in [3.63, 3.8) is 0 Å². The van der Waals surface area contributed by atoms with Crippen LogP contribution in [0.3, 0.4) is 0 Å². The Kier molecular flexibility index (Phi) is 4.95. The molecular weight excluding hydrogens is 208 g/mol. The second-order valence-electron chi connectivity index (χ2n) is 3.28. The van der Waals surface area contributed by atoms with Crippen LogP contribution in [0.15, 0.2) is 24.3 Å². The van der Waals surface area contributed by atoms with E-state index in [-0.39, 0.29) is 0 Å². The summed E-state index contributed by atoms with van der Waals surface area (Å²) < 4.78 is 9.97. The number of hydrogen-bond acceptors (Lipinski definition) is 3. The minimum absolute atomic E-state index is 0.298. The zero-order chi connectivity index (χ0) is 12.0. The van der Waals surface area contributed by atoms with E-state index < -0.39 is 5.97 Å². The zero-order valence-electron chi connectivity index (χ0n) is 9.40. The third-order valence-corrected chi connectivity index (χ3v) is 2.27. The first-order chi connectivity index (χ1) is 7.67. The zero-order valence-corrected chi connectivity index (χ0v) is 9.40. The maximum atomic E-state index is 10.6. The SMILES string of the molecule is CO[C](CCc1ccc(C(=O)O)cc1)OC. The Balaban J connectivity index is 2.52. The summed E-state index contributed by atoms with van der Waals surface area (Å²) in [6, 6.07) is 6.78. The van der Waals surface area contributed by atoms with Gasteiger partial charge in [-0.1, -0.05) is 12.1 Å². The average Bonchev–Trinajstić information content (AvgIpc) is 2.31. The molecule has 0 heterocycles. The highest BCUT2D eigenvalue weighted by Gasteiger charge is 2.08. The number of hydrogen-bond donors (Lipinski definition) is 1. The Labute approximate surface area is 94.8 Å². The Morgan fingerprint density at radius 1 is 1.19 bits per heavy atom. The van der Waals surface area contributed by atoms with E-state index in [9.17, 15) is 4.79 Å². The summed E-state index contributed by atoms with van der Waals surface area (Å²) in [5.41, 5.74) is 1.35. The third-order valence-electron chi connectivity index (χ3n) is 2.27. The molecule has 0 aliphatic heterocycles. The van der Waals surface area contributed by atoms with E-state index in [1.54, 1.807) is 38.5 Å². The first-order valence-corrected chi connectivity index (χ1v) is 4.93. The molecule has 1 N–H and O–H groups in total. The summed E-state index contributed by atoms with van der Waals surface area (Å²) in [7, 11) is 3.12. The van der Waals surface area contributed by atoms with E-state index in [4.69, 9.17) is 14.6 Å². The van der Waals surface area contributed by atoms with Crippen LogP contribution in [0.1, 0.15) is 22.3 Å². The molecule has 0 saturated heterocycles. The fraction of sp³-hybridized carbons (Fsp3) is 0.333. The highest BCUT2D eigenvalue weighted by atomic mass is 16.7. The fourth-order valence-electron chi connectivity index (χ4n) is 1.35. The van der Waals surface area contributed by atoms with Crippen LogP contribution >= 0.6 is 0 Å². The van der Waals surface area contributed by atoms with Crippen LogP contribution in [-0.4, -0.2) is 25.3 Å². The Morgan fingerprint density at radius 3 is 2.19 bits per heavy atom. The van der Waals surface area contributed by atoms with Gasteiger partial charge < -0.3 is 14.6 Å². The number of aryl methyl sites for hydroxylation is 1. The molecule has 0 saturated carbocycles. The summed E-state index contributed by atoms with van der Waals surface area (Å²) >= 11 is 0. The number of carboxylic acid groups (broad SMARTS) is 1. The van der Waals surface area contributed by atoms with Gasteiger partial charge in [0, 0.05) is 20.6 Å². The molecule has 87 valence electrons. The molecule has 0 aliphatic rings. The number of rotatable bonds is 6. The summed E-state index contributed by atoms with van der Waals surface area (Å²) in [5, 5.41) is 8.73. The maximum Gasteiger partial charge on any atom is 0.335 e. The van der Waals surface area contributed by atoms with E-state index in [1.807, 2.05) is 0 Å². The molecule has 0 aromatic heterocycles. The van der Waals surface area contributed by atoms with Crippen LogP contribution in [0.2, 0.25) is 0 Å². The van der Waals surface area contributed by atoms with Crippen LogP contribution < -0.4 is 0 Å². The first kappa shape index (κ1) is 12.7. The largest absolute Gasteiger partial charge is 0.478 e. The van der Waals surface area contributed by atoms with E-state index >= 15 is 0 Å². The minimum atomic E-state index is -0.910. The number of carboxylic acids is 1. The monoisotopic (exact) mass is 223 g/mol. The average molecular weight is 223 g/mol. The van der Waals surface area contributed by atoms with Crippen molar-refractivity contribution in [3.05, 3.63) is 41.7 Å². The predicted molar refractivity (Wildman–Crippen MR) is 59.0 cm³/mol. The molecule has 1 aromatic rings. The van der Waals surface area contributed by atoms with Gasteiger partial charge in [-0.3, -0.25) is 0 Å². The molecular formula is C12H15O4. The standard InChI is InChI=1S/C12H15O4/c1-15-11(16-2)8-5-9-3-6-10(7-4-9)12(13)14/h3-4,6-7H,5,8H2,1-2H3,(H,13,14). The molecule has 1 aromatic carbocycles. The fourth-order valence-corrected chi connectivity index (χ4v) is 1.35. The van der Waals surface area contributed by atoms with Gasteiger partial charge in [-0.15, -0.1) is 0 Å². The van der Waals surface area contributed by atoms with E-state index in [1.165, 1.54) is 0 Å². The minimum Gasteiger partial charge on any atom is -0.478 e. The highest BCUT2D eigenvalue weighted by molar-refractivity contribution is 5.87. The van der Waals surface area contributed by atoms with Gasteiger partial charge in [-0.05, 0) is 24.1 Å². The summed E-state index contributed by atoms with van der Waals surface area (Å²) in [5.74, 6) is -0.910.